The van der Waals surface area contributed by atoms with Crippen molar-refractivity contribution in [3.8, 4) is 38.8 Å². The summed E-state index contributed by atoms with van der Waals surface area (Å²) in [4.78, 5) is 21.7. The van der Waals surface area contributed by atoms with E-state index in [9.17, 15) is 4.79 Å². The minimum absolute atomic E-state index is 0.183. The Kier molecular flexibility index (Phi) is 6.39. The van der Waals surface area contributed by atoms with Gasteiger partial charge in [0.25, 0.3) is 5.56 Å². The number of benzene rings is 1. The van der Waals surface area contributed by atoms with Gasteiger partial charge >= 0.3 is 0 Å². The number of H-pyrrole nitrogens is 2. The Morgan fingerprint density at radius 2 is 1.94 bits per heavy atom. The lowest BCUT2D eigenvalue weighted by atomic mass is 10.0. The molecule has 0 unspecified atom stereocenters. The molecule has 170 valence electrons. The van der Waals surface area contributed by atoms with Crippen molar-refractivity contribution in [2.75, 3.05) is 6.61 Å². The average molecular weight is 461 g/mol. The number of pyridine rings is 1. The van der Waals surface area contributed by atoms with Crippen LogP contribution in [0.1, 0.15) is 56.2 Å². The van der Waals surface area contributed by atoms with Gasteiger partial charge in [-0.3, -0.25) is 4.79 Å². The number of aromatic nitrogens is 4. The zero-order valence-corrected chi connectivity index (χ0v) is 19.6. The predicted octanol–water partition coefficient (Wildman–Crippen LogP) is 6.39. The van der Waals surface area contributed by atoms with Gasteiger partial charge < -0.3 is 14.7 Å². The molecule has 1 aliphatic rings. The Bertz CT molecular complexity index is 1250. The van der Waals surface area contributed by atoms with Crippen LogP contribution >= 0.6 is 11.3 Å². The van der Waals surface area contributed by atoms with Crippen LogP contribution in [0.3, 0.4) is 0 Å². The third-order valence-corrected chi connectivity index (χ3v) is 7.27. The second-order valence-electron chi connectivity index (χ2n) is 8.55. The van der Waals surface area contributed by atoms with E-state index in [2.05, 4.69) is 39.2 Å². The van der Waals surface area contributed by atoms with E-state index in [1.54, 1.807) is 11.3 Å². The lowest BCUT2D eigenvalue weighted by Crippen LogP contribution is -2.12. The standard InChI is InChI=1S/C26H28N4O2S/c1-2-3-4-5-14-32-19-10-8-17(9-11-19)21-15-20(23-13-12-22(33-23)18-6-7-18)24(26(31)29-21)25-27-16-28-30-25/h8-13,15-16,18H,2-7,14H2,1H3,(H,29,31)(H,27,28,30). The van der Waals surface area contributed by atoms with Crippen LogP contribution in [0.25, 0.3) is 33.1 Å². The highest BCUT2D eigenvalue weighted by Gasteiger charge is 2.26. The molecule has 0 saturated heterocycles. The molecule has 1 aliphatic carbocycles. The van der Waals surface area contributed by atoms with E-state index in [-0.39, 0.29) is 5.56 Å². The summed E-state index contributed by atoms with van der Waals surface area (Å²) in [5.41, 5.74) is 2.92. The van der Waals surface area contributed by atoms with E-state index in [0.29, 0.717) is 17.3 Å². The van der Waals surface area contributed by atoms with Crippen LogP contribution in [0, 0.1) is 0 Å². The molecule has 1 saturated carbocycles. The first-order valence-corrected chi connectivity index (χ1v) is 12.5. The predicted molar refractivity (Wildman–Crippen MR) is 133 cm³/mol. The van der Waals surface area contributed by atoms with Gasteiger partial charge in [0, 0.05) is 21.0 Å². The number of aromatic amines is 2. The summed E-state index contributed by atoms with van der Waals surface area (Å²) in [6.45, 7) is 2.94. The number of hydrogen-bond acceptors (Lipinski definition) is 5. The highest BCUT2D eigenvalue weighted by molar-refractivity contribution is 7.15. The summed E-state index contributed by atoms with van der Waals surface area (Å²) in [6, 6.07) is 14.3. The van der Waals surface area contributed by atoms with Crippen LogP contribution in [0.5, 0.6) is 5.75 Å². The van der Waals surface area contributed by atoms with Crippen molar-refractivity contribution in [1.29, 1.82) is 0 Å². The second kappa shape index (κ2) is 9.75. The zero-order valence-electron chi connectivity index (χ0n) is 18.8. The fourth-order valence-corrected chi connectivity index (χ4v) is 5.21. The summed E-state index contributed by atoms with van der Waals surface area (Å²) < 4.78 is 5.87. The number of thiophene rings is 1. The Hall–Kier alpha value is -3.19. The summed E-state index contributed by atoms with van der Waals surface area (Å²) in [6.07, 6.45) is 8.73. The smallest absolute Gasteiger partial charge is 0.260 e. The molecule has 6 nitrogen and oxygen atoms in total. The lowest BCUT2D eigenvalue weighted by molar-refractivity contribution is 0.305. The van der Waals surface area contributed by atoms with Crippen LogP contribution in [-0.4, -0.2) is 26.8 Å². The molecule has 7 heteroatoms. The molecular formula is C26H28N4O2S. The molecule has 0 aliphatic heterocycles. The lowest BCUT2D eigenvalue weighted by Gasteiger charge is -2.10. The number of ether oxygens (including phenoxy) is 1. The number of nitrogens with zero attached hydrogens (tertiary/aromatic N) is 2. The second-order valence-corrected chi connectivity index (χ2v) is 9.66. The Morgan fingerprint density at radius 3 is 2.67 bits per heavy atom. The van der Waals surface area contributed by atoms with Crippen LogP contribution in [0.2, 0.25) is 0 Å². The number of hydrogen-bond donors (Lipinski definition) is 2. The van der Waals surface area contributed by atoms with E-state index >= 15 is 0 Å². The van der Waals surface area contributed by atoms with Crippen molar-refractivity contribution < 1.29 is 4.74 Å². The van der Waals surface area contributed by atoms with Crippen molar-refractivity contribution in [2.45, 2.75) is 51.4 Å². The summed E-state index contributed by atoms with van der Waals surface area (Å²) in [5.74, 6) is 2.00. The van der Waals surface area contributed by atoms with Crippen LogP contribution in [0.15, 0.2) is 53.6 Å². The molecule has 4 aromatic rings. The highest BCUT2D eigenvalue weighted by atomic mass is 32.1. The van der Waals surface area contributed by atoms with Crippen molar-refractivity contribution in [3.05, 3.63) is 64.0 Å². The zero-order chi connectivity index (χ0) is 22.6. The van der Waals surface area contributed by atoms with Gasteiger partial charge in [0.1, 0.15) is 12.1 Å². The molecule has 0 atom stereocenters. The minimum Gasteiger partial charge on any atom is -0.494 e. The molecule has 33 heavy (non-hydrogen) atoms. The maximum atomic E-state index is 13.2. The topological polar surface area (TPSA) is 83.7 Å². The molecule has 1 fully saturated rings. The van der Waals surface area contributed by atoms with Crippen molar-refractivity contribution in [1.82, 2.24) is 20.2 Å². The van der Waals surface area contributed by atoms with E-state index in [1.165, 1.54) is 43.3 Å². The van der Waals surface area contributed by atoms with Crippen molar-refractivity contribution >= 4 is 11.3 Å². The molecule has 0 amide bonds. The van der Waals surface area contributed by atoms with Gasteiger partial charge in [-0.05, 0) is 73.2 Å². The molecule has 0 spiro atoms. The van der Waals surface area contributed by atoms with Gasteiger partial charge in [-0.15, -0.1) is 21.5 Å². The first-order valence-electron chi connectivity index (χ1n) is 11.7. The Balaban J connectivity index is 1.45. The van der Waals surface area contributed by atoms with E-state index < -0.39 is 0 Å². The first kappa shape index (κ1) is 21.6. The average Bonchev–Trinajstić information content (AvgIpc) is 3.32. The van der Waals surface area contributed by atoms with E-state index in [1.807, 2.05) is 30.3 Å². The van der Waals surface area contributed by atoms with Gasteiger partial charge in [0.15, 0.2) is 5.82 Å². The molecule has 2 N–H and O–H groups in total. The molecule has 0 bridgehead atoms. The van der Waals surface area contributed by atoms with Gasteiger partial charge in [-0.1, -0.05) is 26.2 Å². The van der Waals surface area contributed by atoms with Crippen LogP contribution < -0.4 is 10.3 Å². The van der Waals surface area contributed by atoms with Gasteiger partial charge in [0.2, 0.25) is 0 Å². The van der Waals surface area contributed by atoms with Gasteiger partial charge in [-0.2, -0.15) is 0 Å². The fourth-order valence-electron chi connectivity index (χ4n) is 4.01. The Labute approximate surface area is 197 Å². The summed E-state index contributed by atoms with van der Waals surface area (Å²) >= 11 is 1.76. The third kappa shape index (κ3) is 4.93. The SMILES string of the molecule is CCCCCCOc1ccc(-c2cc(-c3ccc(C4CC4)s3)c(-c3nnc[nH]3)c(=O)[nH]2)cc1. The molecule has 5 rings (SSSR count). The van der Waals surface area contributed by atoms with Crippen molar-refractivity contribution in [2.24, 2.45) is 0 Å². The number of rotatable bonds is 10. The maximum Gasteiger partial charge on any atom is 0.260 e. The molecule has 3 heterocycles. The molecular weight excluding hydrogens is 432 g/mol. The summed E-state index contributed by atoms with van der Waals surface area (Å²) in [5, 5.41) is 7.99. The van der Waals surface area contributed by atoms with E-state index in [0.717, 1.165) is 40.5 Å². The van der Waals surface area contributed by atoms with Gasteiger partial charge in [-0.25, -0.2) is 0 Å². The quantitative estimate of drug-likeness (QED) is 0.269. The Morgan fingerprint density at radius 1 is 1.09 bits per heavy atom. The van der Waals surface area contributed by atoms with Crippen molar-refractivity contribution in [3.63, 3.8) is 0 Å². The molecule has 1 aromatic carbocycles. The maximum absolute atomic E-state index is 13.2. The molecule has 0 radical (unpaired) electrons. The van der Waals surface area contributed by atoms with E-state index in [4.69, 9.17) is 4.74 Å². The van der Waals surface area contributed by atoms with Crippen LogP contribution in [0.4, 0.5) is 0 Å². The van der Waals surface area contributed by atoms with Crippen LogP contribution in [-0.2, 0) is 0 Å². The largest absolute Gasteiger partial charge is 0.494 e. The normalized spacial score (nSPS) is 13.4. The first-order chi connectivity index (χ1) is 16.2. The highest BCUT2D eigenvalue weighted by Crippen LogP contribution is 2.46. The summed E-state index contributed by atoms with van der Waals surface area (Å²) in [7, 11) is 0. The van der Waals surface area contributed by atoms with Gasteiger partial charge in [0.05, 0.1) is 12.2 Å². The minimum atomic E-state index is -0.183. The fraction of sp³-hybridized carbons (Fsp3) is 0.346. The number of unbranched alkanes of at least 4 members (excludes halogenated alkanes) is 3. The monoisotopic (exact) mass is 460 g/mol. The third-order valence-electron chi connectivity index (χ3n) is 5.99. The molecule has 3 aromatic heterocycles. The number of nitrogens with one attached hydrogen (secondary N) is 2.